The zero-order chi connectivity index (χ0) is 20.0. The van der Waals surface area contributed by atoms with Gasteiger partial charge in [-0.05, 0) is 70.5 Å². The lowest BCUT2D eigenvalue weighted by Crippen LogP contribution is -2.34. The predicted molar refractivity (Wildman–Crippen MR) is 116 cm³/mol. The van der Waals surface area contributed by atoms with Gasteiger partial charge in [0.25, 0.3) is 5.91 Å². The first-order chi connectivity index (χ1) is 12.8. The number of hydrogen-bond acceptors (Lipinski definition) is 4. The third-order valence-corrected chi connectivity index (χ3v) is 4.52. The van der Waals surface area contributed by atoms with Crippen LogP contribution in [-0.2, 0) is 0 Å². The molecule has 0 unspecified atom stereocenters. The molecule has 27 heavy (non-hydrogen) atoms. The van der Waals surface area contributed by atoms with Crippen molar-refractivity contribution in [1.29, 1.82) is 0 Å². The van der Waals surface area contributed by atoms with Gasteiger partial charge in [0.15, 0.2) is 5.11 Å². The van der Waals surface area contributed by atoms with E-state index in [2.05, 4.69) is 40.4 Å². The number of carbonyl (C=O) groups is 1. The summed E-state index contributed by atoms with van der Waals surface area (Å²) in [7, 11) is 1.54. The van der Waals surface area contributed by atoms with E-state index in [0.717, 1.165) is 0 Å². The summed E-state index contributed by atoms with van der Waals surface area (Å²) in [6.07, 6.45) is 0. The largest absolute Gasteiger partial charge is 0.495 e. The number of benzene rings is 2. The molecule has 0 atom stereocenters. The fourth-order valence-electron chi connectivity index (χ4n) is 2.10. The van der Waals surface area contributed by atoms with Gasteiger partial charge in [-0.3, -0.25) is 10.1 Å². The number of nitrogens with one attached hydrogen (secondary N) is 2. The van der Waals surface area contributed by atoms with Gasteiger partial charge in [-0.1, -0.05) is 25.4 Å². The van der Waals surface area contributed by atoms with Gasteiger partial charge >= 0.3 is 0 Å². The second-order valence-corrected chi connectivity index (χ2v) is 7.78. The maximum Gasteiger partial charge on any atom is 0.257 e. The first-order valence-electron chi connectivity index (χ1n) is 8.18. The Morgan fingerprint density at radius 1 is 1.22 bits per heavy atom. The minimum Gasteiger partial charge on any atom is -0.495 e. The van der Waals surface area contributed by atoms with Crippen LogP contribution in [0.2, 0.25) is 5.02 Å². The van der Waals surface area contributed by atoms with Crippen molar-refractivity contribution in [3.63, 3.8) is 0 Å². The van der Waals surface area contributed by atoms with Crippen molar-refractivity contribution < 1.29 is 14.3 Å². The molecule has 0 saturated heterocycles. The number of thiocarbonyl (C=S) groups is 1. The lowest BCUT2D eigenvalue weighted by molar-refractivity contribution is 0.0977. The van der Waals surface area contributed by atoms with Gasteiger partial charge in [0.2, 0.25) is 0 Å². The Balaban J connectivity index is 1.98. The Labute approximate surface area is 177 Å². The van der Waals surface area contributed by atoms with Crippen molar-refractivity contribution in [3.05, 3.63) is 51.5 Å². The standard InChI is InChI=1S/C19H20BrClN2O3S/c1-11(2)10-26-16-6-4-12(8-14(16)20)18(24)23-19(27)22-13-5-7-17(25-3)15(21)9-13/h4-9,11H,10H2,1-3H3,(H2,22,23,24,27). The Bertz CT molecular complexity index is 846. The van der Waals surface area contributed by atoms with Crippen LogP contribution in [0.1, 0.15) is 24.2 Å². The highest BCUT2D eigenvalue weighted by atomic mass is 79.9. The molecule has 0 aliphatic carbocycles. The van der Waals surface area contributed by atoms with E-state index in [0.29, 0.717) is 44.8 Å². The Morgan fingerprint density at radius 3 is 2.52 bits per heavy atom. The topological polar surface area (TPSA) is 59.6 Å². The lowest BCUT2D eigenvalue weighted by atomic mass is 10.2. The molecule has 2 aromatic rings. The molecular formula is C19H20BrClN2O3S. The maximum atomic E-state index is 12.4. The van der Waals surface area contributed by atoms with Crippen LogP contribution >= 0.6 is 39.7 Å². The molecule has 0 fully saturated rings. The van der Waals surface area contributed by atoms with Crippen molar-refractivity contribution >= 4 is 56.5 Å². The number of amides is 1. The molecule has 0 saturated carbocycles. The maximum absolute atomic E-state index is 12.4. The van der Waals surface area contributed by atoms with Gasteiger partial charge in [-0.15, -0.1) is 0 Å². The molecule has 1 amide bonds. The summed E-state index contributed by atoms with van der Waals surface area (Å²) in [5.41, 5.74) is 1.10. The molecule has 5 nitrogen and oxygen atoms in total. The summed E-state index contributed by atoms with van der Waals surface area (Å²) < 4.78 is 11.5. The van der Waals surface area contributed by atoms with Crippen LogP contribution < -0.4 is 20.1 Å². The van der Waals surface area contributed by atoms with Crippen molar-refractivity contribution in [2.45, 2.75) is 13.8 Å². The van der Waals surface area contributed by atoms with Crippen molar-refractivity contribution in [1.82, 2.24) is 5.32 Å². The van der Waals surface area contributed by atoms with E-state index in [1.54, 1.807) is 36.4 Å². The van der Waals surface area contributed by atoms with E-state index in [4.69, 9.17) is 33.3 Å². The zero-order valence-corrected chi connectivity index (χ0v) is 18.3. The molecule has 0 aliphatic heterocycles. The second-order valence-electron chi connectivity index (χ2n) is 6.11. The van der Waals surface area contributed by atoms with Crippen LogP contribution in [0.15, 0.2) is 40.9 Å². The number of anilines is 1. The summed E-state index contributed by atoms with van der Waals surface area (Å²) in [6.45, 7) is 4.74. The number of ether oxygens (including phenoxy) is 2. The minimum atomic E-state index is -0.330. The molecule has 2 rings (SSSR count). The summed E-state index contributed by atoms with van der Waals surface area (Å²) >= 11 is 14.7. The normalized spacial score (nSPS) is 10.4. The summed E-state index contributed by atoms with van der Waals surface area (Å²) in [5.74, 6) is 1.33. The molecular weight excluding hydrogens is 452 g/mol. The molecule has 0 spiro atoms. The third-order valence-electron chi connectivity index (χ3n) is 3.40. The molecule has 0 aromatic heterocycles. The van der Waals surface area contributed by atoms with E-state index >= 15 is 0 Å². The van der Waals surface area contributed by atoms with Gasteiger partial charge in [0.05, 0.1) is 23.2 Å². The minimum absolute atomic E-state index is 0.164. The Hall–Kier alpha value is -1.83. The Kier molecular flexibility index (Phi) is 7.89. The number of carbonyl (C=O) groups excluding carboxylic acids is 1. The molecule has 2 aromatic carbocycles. The highest BCUT2D eigenvalue weighted by molar-refractivity contribution is 9.10. The van der Waals surface area contributed by atoms with E-state index in [1.165, 1.54) is 7.11 Å². The summed E-state index contributed by atoms with van der Waals surface area (Å²) in [4.78, 5) is 12.4. The Morgan fingerprint density at radius 2 is 1.93 bits per heavy atom. The fraction of sp³-hybridized carbons (Fsp3) is 0.263. The number of hydrogen-bond donors (Lipinski definition) is 2. The third kappa shape index (κ3) is 6.37. The number of halogens is 2. The van der Waals surface area contributed by atoms with Crippen LogP contribution in [-0.4, -0.2) is 24.7 Å². The molecule has 2 N–H and O–H groups in total. The zero-order valence-electron chi connectivity index (χ0n) is 15.1. The second kappa shape index (κ2) is 9.92. The first-order valence-corrected chi connectivity index (χ1v) is 9.76. The van der Waals surface area contributed by atoms with E-state index in [1.807, 2.05) is 0 Å². The first kappa shape index (κ1) is 21.5. The number of rotatable bonds is 6. The van der Waals surface area contributed by atoms with E-state index < -0.39 is 0 Å². The van der Waals surface area contributed by atoms with E-state index in [-0.39, 0.29) is 11.0 Å². The molecule has 144 valence electrons. The van der Waals surface area contributed by atoms with Gasteiger partial charge in [-0.25, -0.2) is 0 Å². The van der Waals surface area contributed by atoms with Gasteiger partial charge in [0, 0.05) is 11.3 Å². The average Bonchev–Trinajstić information content (AvgIpc) is 2.60. The lowest BCUT2D eigenvalue weighted by Gasteiger charge is -2.13. The molecule has 0 bridgehead atoms. The SMILES string of the molecule is COc1ccc(NC(=S)NC(=O)c2ccc(OCC(C)C)c(Br)c2)cc1Cl. The van der Waals surface area contributed by atoms with Crippen LogP contribution in [0, 0.1) is 5.92 Å². The van der Waals surface area contributed by atoms with Crippen LogP contribution in [0.3, 0.4) is 0 Å². The van der Waals surface area contributed by atoms with Gasteiger partial charge < -0.3 is 14.8 Å². The highest BCUT2D eigenvalue weighted by Crippen LogP contribution is 2.28. The van der Waals surface area contributed by atoms with Crippen LogP contribution in [0.5, 0.6) is 11.5 Å². The molecule has 0 heterocycles. The number of methoxy groups -OCH3 is 1. The summed E-state index contributed by atoms with van der Waals surface area (Å²) in [6, 6.07) is 10.3. The highest BCUT2D eigenvalue weighted by Gasteiger charge is 2.12. The molecule has 0 aliphatic rings. The summed E-state index contributed by atoms with van der Waals surface area (Å²) in [5, 5.41) is 6.16. The molecule has 0 radical (unpaired) electrons. The monoisotopic (exact) mass is 470 g/mol. The average molecular weight is 472 g/mol. The predicted octanol–water partition coefficient (Wildman–Crippen LogP) is 5.27. The fourth-order valence-corrected chi connectivity index (χ4v) is 3.06. The smallest absolute Gasteiger partial charge is 0.257 e. The van der Waals surface area contributed by atoms with Crippen LogP contribution in [0.25, 0.3) is 0 Å². The van der Waals surface area contributed by atoms with Crippen LogP contribution in [0.4, 0.5) is 5.69 Å². The van der Waals surface area contributed by atoms with Gasteiger partial charge in [0.1, 0.15) is 11.5 Å². The molecule has 8 heteroatoms. The quantitative estimate of drug-likeness (QED) is 0.562. The van der Waals surface area contributed by atoms with Crippen molar-refractivity contribution in [2.24, 2.45) is 5.92 Å². The van der Waals surface area contributed by atoms with Crippen molar-refractivity contribution in [3.8, 4) is 11.5 Å². The van der Waals surface area contributed by atoms with E-state index in [9.17, 15) is 4.79 Å². The van der Waals surface area contributed by atoms with Gasteiger partial charge in [-0.2, -0.15) is 0 Å². The van der Waals surface area contributed by atoms with Crippen molar-refractivity contribution in [2.75, 3.05) is 19.0 Å².